The van der Waals surface area contributed by atoms with Crippen LogP contribution >= 0.6 is 0 Å². The summed E-state index contributed by atoms with van der Waals surface area (Å²) in [5.74, 6) is -0.187. The van der Waals surface area contributed by atoms with Gasteiger partial charge in [-0.25, -0.2) is 8.60 Å². The summed E-state index contributed by atoms with van der Waals surface area (Å²) in [4.78, 5) is 0. The number of aryl methyl sites for hydroxylation is 2. The van der Waals surface area contributed by atoms with Crippen LogP contribution in [0.2, 0.25) is 0 Å². The minimum absolute atomic E-state index is 0.0837. The Kier molecular flexibility index (Phi) is 3.57. The van der Waals surface area contributed by atoms with Crippen molar-refractivity contribution in [3.63, 3.8) is 0 Å². The maximum Gasteiger partial charge on any atom is 0.153 e. The Hall–Kier alpha value is -0.740. The van der Waals surface area contributed by atoms with E-state index in [1.807, 2.05) is 0 Å². The van der Waals surface area contributed by atoms with Crippen LogP contribution < -0.4 is 0 Å². The quantitative estimate of drug-likeness (QED) is 0.760. The highest BCUT2D eigenvalue weighted by atomic mass is 32.2. The molecule has 0 heterocycles. The molecule has 1 aromatic rings. The molecule has 1 atom stereocenters. The number of benzene rings is 1. The van der Waals surface area contributed by atoms with Gasteiger partial charge >= 0.3 is 0 Å². The molecule has 0 fully saturated rings. The highest BCUT2D eigenvalue weighted by Crippen LogP contribution is 2.12. The molecule has 0 aliphatic heterocycles. The third kappa shape index (κ3) is 2.90. The van der Waals surface area contributed by atoms with Crippen molar-refractivity contribution in [2.24, 2.45) is 0 Å². The maximum absolute atomic E-state index is 13.3. The standard InChI is InChI=1S/C9H11FO2S/c1-7-3-2-4-8(9(7)10)5-6-13(11)12/h2-4H,5-6H2,1H3,(H,11,12). The van der Waals surface area contributed by atoms with Crippen molar-refractivity contribution < 1.29 is 13.2 Å². The van der Waals surface area contributed by atoms with Crippen LogP contribution in [0.1, 0.15) is 11.1 Å². The Labute approximate surface area is 79.1 Å². The molecule has 0 bridgehead atoms. The second kappa shape index (κ2) is 4.48. The largest absolute Gasteiger partial charge is 0.306 e. The van der Waals surface area contributed by atoms with Gasteiger partial charge in [0.25, 0.3) is 0 Å². The van der Waals surface area contributed by atoms with Crippen LogP contribution in [0, 0.1) is 12.7 Å². The molecule has 1 N–H and O–H groups in total. The Morgan fingerprint density at radius 1 is 1.54 bits per heavy atom. The molecule has 1 aromatic carbocycles. The minimum Gasteiger partial charge on any atom is -0.306 e. The molecule has 72 valence electrons. The van der Waals surface area contributed by atoms with Crippen LogP contribution in [0.5, 0.6) is 0 Å². The number of hydrogen-bond acceptors (Lipinski definition) is 1. The smallest absolute Gasteiger partial charge is 0.153 e. The molecule has 1 unspecified atom stereocenters. The van der Waals surface area contributed by atoms with Gasteiger partial charge in [-0.2, -0.15) is 0 Å². The predicted molar refractivity (Wildman–Crippen MR) is 50.5 cm³/mol. The molecule has 0 spiro atoms. The first-order valence-electron chi connectivity index (χ1n) is 3.92. The second-order valence-electron chi connectivity index (χ2n) is 2.82. The summed E-state index contributed by atoms with van der Waals surface area (Å²) in [5, 5.41) is 0. The topological polar surface area (TPSA) is 37.3 Å². The van der Waals surface area contributed by atoms with Crippen LogP contribution in [-0.2, 0) is 17.5 Å². The third-order valence-electron chi connectivity index (χ3n) is 1.82. The Bertz CT molecular complexity index is 325. The fraction of sp³-hybridized carbons (Fsp3) is 0.333. The van der Waals surface area contributed by atoms with Gasteiger partial charge in [-0.3, -0.25) is 0 Å². The average Bonchev–Trinajstić information content (AvgIpc) is 2.07. The summed E-state index contributed by atoms with van der Waals surface area (Å²) in [7, 11) is 0. The highest BCUT2D eigenvalue weighted by molar-refractivity contribution is 7.79. The molecular weight excluding hydrogens is 191 g/mol. The first-order valence-corrected chi connectivity index (χ1v) is 5.20. The molecule has 0 aliphatic carbocycles. The zero-order valence-corrected chi connectivity index (χ0v) is 8.10. The van der Waals surface area contributed by atoms with E-state index in [2.05, 4.69) is 0 Å². The van der Waals surface area contributed by atoms with Crippen molar-refractivity contribution in [3.8, 4) is 0 Å². The first kappa shape index (κ1) is 10.3. The maximum atomic E-state index is 13.3. The summed E-state index contributed by atoms with van der Waals surface area (Å²) in [6.45, 7) is 1.68. The molecule has 0 aromatic heterocycles. The van der Waals surface area contributed by atoms with Gasteiger partial charge < -0.3 is 4.55 Å². The lowest BCUT2D eigenvalue weighted by atomic mass is 10.1. The van der Waals surface area contributed by atoms with Gasteiger partial charge in [-0.15, -0.1) is 0 Å². The van der Waals surface area contributed by atoms with E-state index in [0.717, 1.165) is 0 Å². The van der Waals surface area contributed by atoms with Crippen LogP contribution in [0.3, 0.4) is 0 Å². The summed E-state index contributed by atoms with van der Waals surface area (Å²) in [6.07, 6.45) is 0.302. The summed E-state index contributed by atoms with van der Waals surface area (Å²) in [5.41, 5.74) is 1.07. The number of hydrogen-bond donors (Lipinski definition) is 1. The lowest BCUT2D eigenvalue weighted by molar-refractivity contribution is 0.561. The second-order valence-corrected chi connectivity index (χ2v) is 3.87. The normalized spacial score (nSPS) is 12.8. The van der Waals surface area contributed by atoms with Gasteiger partial charge in [-0.05, 0) is 24.5 Å². The van der Waals surface area contributed by atoms with Crippen LogP contribution in [0.15, 0.2) is 18.2 Å². The zero-order chi connectivity index (χ0) is 9.84. The van der Waals surface area contributed by atoms with Gasteiger partial charge in [0.15, 0.2) is 11.1 Å². The van der Waals surface area contributed by atoms with Crippen molar-refractivity contribution in [2.75, 3.05) is 5.75 Å². The van der Waals surface area contributed by atoms with Gasteiger partial charge in [0.05, 0.1) is 5.75 Å². The van der Waals surface area contributed by atoms with Crippen molar-refractivity contribution in [3.05, 3.63) is 35.1 Å². The van der Waals surface area contributed by atoms with E-state index < -0.39 is 11.1 Å². The molecule has 0 amide bonds. The highest BCUT2D eigenvalue weighted by Gasteiger charge is 2.05. The van der Waals surface area contributed by atoms with Gasteiger partial charge in [0, 0.05) is 0 Å². The SMILES string of the molecule is Cc1cccc(CCS(=O)O)c1F. The Balaban J connectivity index is 2.77. The zero-order valence-electron chi connectivity index (χ0n) is 7.29. The fourth-order valence-corrected chi connectivity index (χ4v) is 1.49. The van der Waals surface area contributed by atoms with Crippen molar-refractivity contribution >= 4 is 11.1 Å². The first-order chi connectivity index (χ1) is 6.11. The lowest BCUT2D eigenvalue weighted by Crippen LogP contribution is -2.02. The average molecular weight is 202 g/mol. The molecule has 0 saturated carbocycles. The molecular formula is C9H11FO2S. The number of rotatable bonds is 3. The van der Waals surface area contributed by atoms with Gasteiger partial charge in [0.1, 0.15) is 5.82 Å². The van der Waals surface area contributed by atoms with Crippen LogP contribution in [0.25, 0.3) is 0 Å². The van der Waals surface area contributed by atoms with Crippen LogP contribution in [0.4, 0.5) is 4.39 Å². The van der Waals surface area contributed by atoms with E-state index >= 15 is 0 Å². The monoisotopic (exact) mass is 202 g/mol. The summed E-state index contributed by atoms with van der Waals surface area (Å²) >= 11 is -1.85. The molecule has 2 nitrogen and oxygen atoms in total. The molecule has 0 aliphatic rings. The third-order valence-corrected chi connectivity index (χ3v) is 2.37. The van der Waals surface area contributed by atoms with E-state index in [1.165, 1.54) is 0 Å². The number of halogens is 1. The van der Waals surface area contributed by atoms with Crippen LogP contribution in [-0.4, -0.2) is 14.5 Å². The van der Waals surface area contributed by atoms with E-state index in [0.29, 0.717) is 17.5 Å². The Morgan fingerprint density at radius 2 is 2.23 bits per heavy atom. The molecule has 4 heteroatoms. The van der Waals surface area contributed by atoms with E-state index in [1.54, 1.807) is 25.1 Å². The molecule has 1 rings (SSSR count). The van der Waals surface area contributed by atoms with Gasteiger partial charge in [-0.1, -0.05) is 18.2 Å². The Morgan fingerprint density at radius 3 is 2.85 bits per heavy atom. The van der Waals surface area contributed by atoms with E-state index in [-0.39, 0.29) is 11.6 Å². The molecule has 0 saturated heterocycles. The summed E-state index contributed by atoms with van der Waals surface area (Å²) < 4.78 is 32.2. The summed E-state index contributed by atoms with van der Waals surface area (Å²) in [6, 6.07) is 5.05. The fourth-order valence-electron chi connectivity index (χ4n) is 1.10. The molecule has 13 heavy (non-hydrogen) atoms. The van der Waals surface area contributed by atoms with E-state index in [4.69, 9.17) is 4.55 Å². The lowest BCUT2D eigenvalue weighted by Gasteiger charge is -2.03. The van der Waals surface area contributed by atoms with E-state index in [9.17, 15) is 8.60 Å². The van der Waals surface area contributed by atoms with Gasteiger partial charge in [0.2, 0.25) is 0 Å². The predicted octanol–water partition coefficient (Wildman–Crippen LogP) is 1.90. The molecule has 0 radical (unpaired) electrons. The minimum atomic E-state index is -1.85. The van der Waals surface area contributed by atoms with Crippen molar-refractivity contribution in [1.29, 1.82) is 0 Å². The van der Waals surface area contributed by atoms with Crippen molar-refractivity contribution in [2.45, 2.75) is 13.3 Å². The van der Waals surface area contributed by atoms with Crippen molar-refractivity contribution in [1.82, 2.24) is 0 Å².